The highest BCUT2D eigenvalue weighted by atomic mass is 127. The summed E-state index contributed by atoms with van der Waals surface area (Å²) in [6.07, 6.45) is -4.78. The maximum atomic E-state index is 11.5. The van der Waals surface area contributed by atoms with Gasteiger partial charge in [0.15, 0.2) is 0 Å². The minimum Gasteiger partial charge on any atom is -0.327 e. The van der Waals surface area contributed by atoms with Crippen LogP contribution in [-0.4, -0.2) is 16.6 Å². The molecule has 0 aliphatic heterocycles. The monoisotopic (exact) mass is 267 g/mol. The van der Waals surface area contributed by atoms with Gasteiger partial charge in [0.1, 0.15) is 0 Å². The average Bonchev–Trinajstić information content (AvgIpc) is 1.81. The molecule has 62 valence electrons. The van der Waals surface area contributed by atoms with Crippen molar-refractivity contribution in [3.8, 4) is 0 Å². The molecule has 0 aromatic carbocycles. The summed E-state index contributed by atoms with van der Waals surface area (Å²) in [5.41, 5.74) is 5.27. The van der Waals surface area contributed by atoms with E-state index in [-0.39, 0.29) is 12.5 Å². The second kappa shape index (κ2) is 4.38. The van der Waals surface area contributed by atoms with Gasteiger partial charge in [0.25, 0.3) is 0 Å². The topological polar surface area (TPSA) is 26.0 Å². The first kappa shape index (κ1) is 10.5. The van der Waals surface area contributed by atoms with Gasteiger partial charge in [-0.3, -0.25) is 0 Å². The van der Waals surface area contributed by atoms with Crippen LogP contribution < -0.4 is 5.73 Å². The van der Waals surface area contributed by atoms with Gasteiger partial charge < -0.3 is 5.73 Å². The van der Waals surface area contributed by atoms with Crippen LogP contribution in [0.15, 0.2) is 0 Å². The van der Waals surface area contributed by atoms with E-state index in [1.54, 1.807) is 0 Å². The van der Waals surface area contributed by atoms with Crippen molar-refractivity contribution >= 4 is 22.6 Å². The van der Waals surface area contributed by atoms with Crippen LogP contribution >= 0.6 is 22.6 Å². The zero-order chi connectivity index (χ0) is 8.20. The van der Waals surface area contributed by atoms with Crippen LogP contribution in [0, 0.1) is 0 Å². The van der Waals surface area contributed by atoms with E-state index in [0.717, 1.165) is 0 Å². The zero-order valence-corrected chi connectivity index (χ0v) is 7.45. The van der Waals surface area contributed by atoms with Crippen molar-refractivity contribution in [2.24, 2.45) is 5.73 Å². The molecular formula is C5H9F3IN. The highest BCUT2D eigenvalue weighted by molar-refractivity contribution is 14.1. The van der Waals surface area contributed by atoms with Crippen LogP contribution in [0.4, 0.5) is 13.2 Å². The van der Waals surface area contributed by atoms with Crippen molar-refractivity contribution in [1.82, 2.24) is 0 Å². The second-order valence-electron chi connectivity index (χ2n) is 2.07. The molecule has 0 saturated heterocycles. The summed E-state index contributed by atoms with van der Waals surface area (Å²) in [4.78, 5) is 0. The molecular weight excluding hydrogens is 258 g/mol. The van der Waals surface area contributed by atoms with Gasteiger partial charge >= 0.3 is 6.18 Å². The Morgan fingerprint density at radius 1 is 1.40 bits per heavy atom. The summed E-state index contributed by atoms with van der Waals surface area (Å²) < 4.78 is 35.1. The summed E-state index contributed by atoms with van der Waals surface area (Å²) in [5.74, 6) is 0. The van der Waals surface area contributed by atoms with Crippen LogP contribution in [0.5, 0.6) is 0 Å². The number of halogens is 4. The van der Waals surface area contributed by atoms with Gasteiger partial charge in [-0.15, -0.1) is 0 Å². The van der Waals surface area contributed by atoms with Crippen molar-refractivity contribution < 1.29 is 13.2 Å². The van der Waals surface area contributed by atoms with Crippen molar-refractivity contribution in [1.29, 1.82) is 0 Å². The SMILES string of the molecule is NC(CI)CCC(F)(F)F. The number of rotatable bonds is 3. The lowest BCUT2D eigenvalue weighted by molar-refractivity contribution is -0.136. The molecule has 0 saturated carbocycles. The third-order valence-electron chi connectivity index (χ3n) is 0.997. The minimum atomic E-state index is -4.05. The van der Waals surface area contributed by atoms with E-state index in [9.17, 15) is 13.2 Å². The fraction of sp³-hybridized carbons (Fsp3) is 1.00. The Morgan fingerprint density at radius 2 is 1.90 bits per heavy atom. The highest BCUT2D eigenvalue weighted by Gasteiger charge is 2.27. The molecule has 10 heavy (non-hydrogen) atoms. The highest BCUT2D eigenvalue weighted by Crippen LogP contribution is 2.21. The van der Waals surface area contributed by atoms with Crippen molar-refractivity contribution in [2.75, 3.05) is 4.43 Å². The standard InChI is InChI=1S/C5H9F3IN/c6-5(7,8)2-1-4(10)3-9/h4H,1-3,10H2. The molecule has 1 unspecified atom stereocenters. The summed E-state index contributed by atoms with van der Waals surface area (Å²) in [6.45, 7) is 0. The lowest BCUT2D eigenvalue weighted by Crippen LogP contribution is -2.24. The van der Waals surface area contributed by atoms with Crippen LogP contribution in [0.3, 0.4) is 0 Å². The van der Waals surface area contributed by atoms with E-state index in [0.29, 0.717) is 4.43 Å². The van der Waals surface area contributed by atoms with Crippen molar-refractivity contribution in [3.63, 3.8) is 0 Å². The summed E-state index contributed by atoms with van der Waals surface area (Å²) in [6, 6.07) is -0.317. The maximum Gasteiger partial charge on any atom is 0.389 e. The Hall–Kier alpha value is 0.480. The van der Waals surface area contributed by atoms with Gasteiger partial charge in [0.05, 0.1) is 0 Å². The molecule has 2 N–H and O–H groups in total. The third kappa shape index (κ3) is 6.60. The normalized spacial score (nSPS) is 15.3. The molecule has 0 fully saturated rings. The van der Waals surface area contributed by atoms with Gasteiger partial charge in [-0.05, 0) is 6.42 Å². The lowest BCUT2D eigenvalue weighted by Gasteiger charge is -2.09. The Balaban J connectivity index is 3.36. The quantitative estimate of drug-likeness (QED) is 0.615. The van der Waals surface area contributed by atoms with Gasteiger partial charge in [-0.2, -0.15) is 13.2 Å². The van der Waals surface area contributed by atoms with Gasteiger partial charge in [-0.1, -0.05) is 22.6 Å². The molecule has 0 aliphatic carbocycles. The van der Waals surface area contributed by atoms with E-state index in [1.807, 2.05) is 22.6 Å². The van der Waals surface area contributed by atoms with Crippen LogP contribution in [0.2, 0.25) is 0 Å². The van der Waals surface area contributed by atoms with Crippen LogP contribution in [0.1, 0.15) is 12.8 Å². The molecule has 0 aliphatic rings. The van der Waals surface area contributed by atoms with E-state index < -0.39 is 12.6 Å². The van der Waals surface area contributed by atoms with Gasteiger partial charge in [-0.25, -0.2) is 0 Å². The van der Waals surface area contributed by atoms with Crippen molar-refractivity contribution in [2.45, 2.75) is 25.1 Å². The van der Waals surface area contributed by atoms with Crippen LogP contribution in [0.25, 0.3) is 0 Å². The molecule has 1 nitrogen and oxygen atoms in total. The fourth-order valence-electron chi connectivity index (χ4n) is 0.426. The summed E-state index contributed by atoms with van der Waals surface area (Å²) in [7, 11) is 0. The third-order valence-corrected chi connectivity index (χ3v) is 2.13. The number of hydrogen-bond donors (Lipinski definition) is 1. The Kier molecular flexibility index (Phi) is 4.59. The second-order valence-corrected chi connectivity index (χ2v) is 2.95. The molecule has 0 heterocycles. The average molecular weight is 267 g/mol. The summed E-state index contributed by atoms with van der Waals surface area (Å²) in [5, 5.41) is 0. The molecule has 0 bridgehead atoms. The maximum absolute atomic E-state index is 11.5. The van der Waals surface area contributed by atoms with E-state index in [1.165, 1.54) is 0 Å². The molecule has 1 atom stereocenters. The minimum absolute atomic E-state index is 0.0342. The molecule has 0 aromatic heterocycles. The predicted octanol–water partition coefficient (Wildman–Crippen LogP) is 2.09. The first-order chi connectivity index (χ1) is 4.45. The van der Waals surface area contributed by atoms with E-state index >= 15 is 0 Å². The fourth-order valence-corrected chi connectivity index (χ4v) is 0.867. The molecule has 0 radical (unpaired) electrons. The number of hydrogen-bond acceptors (Lipinski definition) is 1. The van der Waals surface area contributed by atoms with E-state index in [2.05, 4.69) is 0 Å². The smallest absolute Gasteiger partial charge is 0.327 e. The molecule has 0 rings (SSSR count). The first-order valence-corrected chi connectivity index (χ1v) is 4.36. The van der Waals surface area contributed by atoms with Crippen LogP contribution in [-0.2, 0) is 0 Å². The molecule has 0 spiro atoms. The van der Waals surface area contributed by atoms with Gasteiger partial charge in [0.2, 0.25) is 0 Å². The number of alkyl halides is 4. The molecule has 5 heteroatoms. The molecule has 0 amide bonds. The lowest BCUT2D eigenvalue weighted by atomic mass is 10.2. The first-order valence-electron chi connectivity index (χ1n) is 2.84. The predicted molar refractivity (Wildman–Crippen MR) is 42.2 cm³/mol. The Labute approximate surface area is 71.3 Å². The zero-order valence-electron chi connectivity index (χ0n) is 5.29. The Morgan fingerprint density at radius 3 is 2.20 bits per heavy atom. The Bertz CT molecular complexity index is 93.4. The number of nitrogens with two attached hydrogens (primary N) is 1. The molecule has 0 aromatic rings. The largest absolute Gasteiger partial charge is 0.389 e. The van der Waals surface area contributed by atoms with Gasteiger partial charge in [0, 0.05) is 16.9 Å². The summed E-state index contributed by atoms with van der Waals surface area (Å²) >= 11 is 1.97. The van der Waals surface area contributed by atoms with E-state index in [4.69, 9.17) is 5.73 Å². The van der Waals surface area contributed by atoms with Crippen molar-refractivity contribution in [3.05, 3.63) is 0 Å².